The Morgan fingerprint density at radius 3 is 2.44 bits per heavy atom. The van der Waals surface area contributed by atoms with Crippen molar-refractivity contribution in [3.63, 3.8) is 0 Å². The number of nitrogens with zero attached hydrogens (tertiary/aromatic N) is 1. The Hall–Kier alpha value is -0.710. The smallest absolute Gasteiger partial charge is 0.327 e. The van der Waals surface area contributed by atoms with Crippen LogP contribution in [0.1, 0.15) is 26.7 Å². The Morgan fingerprint density at radius 2 is 2.00 bits per heavy atom. The summed E-state index contributed by atoms with van der Waals surface area (Å²) in [4.78, 5) is 24.8. The molecule has 1 aliphatic heterocycles. The molecule has 16 heavy (non-hydrogen) atoms. The molecule has 1 N–H and O–H groups in total. The molecule has 90 valence electrons. The minimum absolute atomic E-state index is 0.0363. The molecule has 2 aliphatic rings. The van der Waals surface area contributed by atoms with Crippen LogP contribution in [0.3, 0.4) is 0 Å². The highest BCUT2D eigenvalue weighted by Crippen LogP contribution is 2.39. The van der Waals surface area contributed by atoms with E-state index in [0.29, 0.717) is 11.7 Å². The quantitative estimate of drug-likeness (QED) is 0.814. The molecule has 1 heterocycles. The average molecular weight is 243 g/mol. The number of aliphatic carboxylic acids is 1. The van der Waals surface area contributed by atoms with Crippen LogP contribution in [0.15, 0.2) is 0 Å². The van der Waals surface area contributed by atoms with Crippen molar-refractivity contribution in [2.45, 2.75) is 38.1 Å². The number of amides is 1. The fourth-order valence-electron chi connectivity index (χ4n) is 2.05. The molecule has 0 spiro atoms. The van der Waals surface area contributed by atoms with Gasteiger partial charge in [0.25, 0.3) is 0 Å². The molecule has 0 aromatic carbocycles. The van der Waals surface area contributed by atoms with Crippen LogP contribution in [0.5, 0.6) is 0 Å². The number of hydrogen-bond donors (Lipinski definition) is 1. The van der Waals surface area contributed by atoms with Crippen LogP contribution in [-0.4, -0.2) is 39.1 Å². The number of carboxylic acids is 1. The maximum Gasteiger partial charge on any atom is 0.327 e. The minimum Gasteiger partial charge on any atom is -0.480 e. The molecular weight excluding hydrogens is 226 g/mol. The largest absolute Gasteiger partial charge is 0.480 e. The third-order valence-electron chi connectivity index (χ3n) is 3.07. The SMILES string of the molecule is CC(C)C1SCC(C(=O)O)N1C(=O)C1CC1. The standard InChI is InChI=1S/C11H17NO3S/c1-6(2)10-12(9(13)7-3-4-7)8(5-16-10)11(14)15/h6-8,10H,3-5H2,1-2H3,(H,14,15). The lowest BCUT2D eigenvalue weighted by atomic mass is 10.1. The molecule has 2 atom stereocenters. The zero-order valence-corrected chi connectivity index (χ0v) is 10.4. The third-order valence-corrected chi connectivity index (χ3v) is 4.69. The van der Waals surface area contributed by atoms with Crippen LogP contribution in [0, 0.1) is 11.8 Å². The van der Waals surface area contributed by atoms with E-state index in [2.05, 4.69) is 0 Å². The van der Waals surface area contributed by atoms with E-state index in [1.807, 2.05) is 13.8 Å². The van der Waals surface area contributed by atoms with Gasteiger partial charge in [-0.1, -0.05) is 13.8 Å². The molecule has 5 heteroatoms. The van der Waals surface area contributed by atoms with E-state index in [4.69, 9.17) is 5.11 Å². The molecular formula is C11H17NO3S. The normalized spacial score (nSPS) is 29.8. The van der Waals surface area contributed by atoms with Crippen molar-refractivity contribution in [1.29, 1.82) is 0 Å². The van der Waals surface area contributed by atoms with E-state index >= 15 is 0 Å². The lowest BCUT2D eigenvalue weighted by molar-refractivity contribution is -0.150. The van der Waals surface area contributed by atoms with Gasteiger partial charge in [0, 0.05) is 11.7 Å². The molecule has 1 saturated carbocycles. The van der Waals surface area contributed by atoms with Crippen molar-refractivity contribution < 1.29 is 14.7 Å². The van der Waals surface area contributed by atoms with Gasteiger partial charge in [-0.15, -0.1) is 11.8 Å². The summed E-state index contributed by atoms with van der Waals surface area (Å²) in [6.07, 6.45) is 1.86. The van der Waals surface area contributed by atoms with Crippen molar-refractivity contribution in [2.75, 3.05) is 5.75 Å². The van der Waals surface area contributed by atoms with Crippen molar-refractivity contribution in [3.05, 3.63) is 0 Å². The highest BCUT2D eigenvalue weighted by molar-refractivity contribution is 8.00. The predicted octanol–water partition coefficient (Wildman–Crippen LogP) is 1.41. The molecule has 0 radical (unpaired) electrons. The maximum atomic E-state index is 12.1. The topological polar surface area (TPSA) is 57.6 Å². The fraction of sp³-hybridized carbons (Fsp3) is 0.818. The summed E-state index contributed by atoms with van der Waals surface area (Å²) in [5, 5.41) is 9.16. The number of thioether (sulfide) groups is 1. The van der Waals surface area contributed by atoms with Gasteiger partial charge in [-0.3, -0.25) is 4.79 Å². The monoisotopic (exact) mass is 243 g/mol. The molecule has 4 nitrogen and oxygen atoms in total. The Kier molecular flexibility index (Phi) is 3.15. The van der Waals surface area contributed by atoms with Crippen LogP contribution in [0.4, 0.5) is 0 Å². The van der Waals surface area contributed by atoms with Crippen LogP contribution in [0.2, 0.25) is 0 Å². The van der Waals surface area contributed by atoms with E-state index in [0.717, 1.165) is 12.8 Å². The van der Waals surface area contributed by atoms with Gasteiger partial charge in [0.1, 0.15) is 6.04 Å². The summed E-state index contributed by atoms with van der Waals surface area (Å²) < 4.78 is 0. The second kappa shape index (κ2) is 4.28. The number of hydrogen-bond acceptors (Lipinski definition) is 3. The van der Waals surface area contributed by atoms with Crippen LogP contribution in [0.25, 0.3) is 0 Å². The fourth-order valence-corrected chi connectivity index (χ4v) is 3.53. The summed E-state index contributed by atoms with van der Waals surface area (Å²) in [5.74, 6) is 0.107. The van der Waals surface area contributed by atoms with Crippen LogP contribution >= 0.6 is 11.8 Å². The summed E-state index contributed by atoms with van der Waals surface area (Å²) in [6, 6.07) is -0.620. The van der Waals surface area contributed by atoms with Crippen molar-refractivity contribution in [2.24, 2.45) is 11.8 Å². The van der Waals surface area contributed by atoms with Gasteiger partial charge in [-0.2, -0.15) is 0 Å². The van der Waals surface area contributed by atoms with Gasteiger partial charge in [-0.25, -0.2) is 4.79 Å². The molecule has 1 saturated heterocycles. The first-order valence-corrected chi connectivity index (χ1v) is 6.74. The molecule has 2 fully saturated rings. The Morgan fingerprint density at radius 1 is 1.38 bits per heavy atom. The number of carbonyl (C=O) groups is 2. The minimum atomic E-state index is -0.871. The highest BCUT2D eigenvalue weighted by Gasteiger charge is 2.46. The lowest BCUT2D eigenvalue weighted by Gasteiger charge is -2.29. The van der Waals surface area contributed by atoms with Gasteiger partial charge in [0.2, 0.25) is 5.91 Å². The van der Waals surface area contributed by atoms with Gasteiger partial charge in [-0.05, 0) is 18.8 Å². The Labute approximate surface area is 99.4 Å². The van der Waals surface area contributed by atoms with E-state index in [9.17, 15) is 9.59 Å². The van der Waals surface area contributed by atoms with Gasteiger partial charge in [0.05, 0.1) is 5.37 Å². The lowest BCUT2D eigenvalue weighted by Crippen LogP contribution is -2.47. The maximum absolute atomic E-state index is 12.1. The first-order chi connectivity index (χ1) is 7.52. The van der Waals surface area contributed by atoms with E-state index in [1.165, 1.54) is 0 Å². The Bertz CT molecular complexity index is 314. The zero-order chi connectivity index (χ0) is 11.9. The van der Waals surface area contributed by atoms with E-state index in [1.54, 1.807) is 16.7 Å². The number of rotatable bonds is 3. The van der Waals surface area contributed by atoms with Crippen LogP contribution < -0.4 is 0 Å². The van der Waals surface area contributed by atoms with E-state index in [-0.39, 0.29) is 17.2 Å². The van der Waals surface area contributed by atoms with E-state index < -0.39 is 12.0 Å². The summed E-state index contributed by atoms with van der Waals surface area (Å²) in [5.41, 5.74) is 0. The summed E-state index contributed by atoms with van der Waals surface area (Å²) in [6.45, 7) is 4.07. The second-order valence-electron chi connectivity index (χ2n) is 4.84. The van der Waals surface area contributed by atoms with Gasteiger partial charge in [0.15, 0.2) is 0 Å². The van der Waals surface area contributed by atoms with Crippen molar-refractivity contribution in [1.82, 2.24) is 4.90 Å². The first-order valence-electron chi connectivity index (χ1n) is 5.69. The molecule has 1 amide bonds. The molecule has 2 rings (SSSR count). The first kappa shape index (κ1) is 11.8. The summed E-state index contributed by atoms with van der Waals surface area (Å²) in [7, 11) is 0. The highest BCUT2D eigenvalue weighted by atomic mass is 32.2. The average Bonchev–Trinajstić information content (AvgIpc) is 2.94. The van der Waals surface area contributed by atoms with Gasteiger partial charge >= 0.3 is 5.97 Å². The Balaban J connectivity index is 2.17. The van der Waals surface area contributed by atoms with Crippen molar-refractivity contribution in [3.8, 4) is 0 Å². The van der Waals surface area contributed by atoms with Crippen LogP contribution in [-0.2, 0) is 9.59 Å². The van der Waals surface area contributed by atoms with Crippen molar-refractivity contribution >= 4 is 23.6 Å². The number of carboxylic acid groups (broad SMARTS) is 1. The molecule has 0 bridgehead atoms. The summed E-state index contributed by atoms with van der Waals surface area (Å²) >= 11 is 1.59. The molecule has 2 unspecified atom stereocenters. The molecule has 0 aromatic rings. The molecule has 0 aromatic heterocycles. The predicted molar refractivity (Wildman–Crippen MR) is 62.1 cm³/mol. The second-order valence-corrected chi connectivity index (χ2v) is 5.99. The third kappa shape index (κ3) is 2.05. The number of carbonyl (C=O) groups excluding carboxylic acids is 1. The zero-order valence-electron chi connectivity index (χ0n) is 9.55. The molecule has 1 aliphatic carbocycles. The van der Waals surface area contributed by atoms with Gasteiger partial charge < -0.3 is 10.0 Å².